The molecule has 0 unspecified atom stereocenters. The number of hydrogen-bond donors (Lipinski definition) is 2. The van der Waals surface area contributed by atoms with Crippen LogP contribution < -0.4 is 24.8 Å². The topological polar surface area (TPSA) is 143 Å². The molecule has 0 saturated carbocycles. The number of nitrogens with zero attached hydrogens (tertiary/aromatic N) is 3. The van der Waals surface area contributed by atoms with Crippen LogP contribution in [0.3, 0.4) is 0 Å². The number of imide groups is 2. The third-order valence-corrected chi connectivity index (χ3v) is 5.91. The van der Waals surface area contributed by atoms with Crippen LogP contribution in [-0.4, -0.2) is 59.0 Å². The largest absolute Gasteiger partial charge is 0.481 e. The Labute approximate surface area is 216 Å². The van der Waals surface area contributed by atoms with E-state index in [-0.39, 0.29) is 18.8 Å². The minimum atomic E-state index is -1.95. The van der Waals surface area contributed by atoms with Crippen molar-refractivity contribution in [1.29, 1.82) is 0 Å². The number of carbonyl (C=O) groups excluding carboxylic acids is 3. The number of rotatable bonds is 9. The fourth-order valence-corrected chi connectivity index (χ4v) is 3.99. The Morgan fingerprint density at radius 2 is 1.61 bits per heavy atom. The number of fused-ring (bicyclic) bond motifs is 1. The number of nitrogens with one attached hydrogen (secondary N) is 2. The lowest BCUT2D eigenvalue weighted by Crippen LogP contribution is -2.69. The van der Waals surface area contributed by atoms with Gasteiger partial charge in [-0.15, -0.1) is 0 Å². The van der Waals surface area contributed by atoms with Crippen LogP contribution in [0, 0.1) is 0 Å². The normalized spacial score (nSPS) is 14.6. The molecule has 2 N–H and O–H groups in total. The summed E-state index contributed by atoms with van der Waals surface area (Å²) in [6, 6.07) is 14.7. The number of barbiturate groups is 1. The van der Waals surface area contributed by atoms with Crippen LogP contribution in [0.2, 0.25) is 0 Å². The zero-order valence-corrected chi connectivity index (χ0v) is 20.5. The van der Waals surface area contributed by atoms with E-state index in [1.54, 1.807) is 54.5 Å². The molecule has 2 aromatic carbocycles. The Balaban J connectivity index is 1.33. The van der Waals surface area contributed by atoms with Gasteiger partial charge in [0.2, 0.25) is 5.88 Å². The molecule has 12 heteroatoms. The first-order valence-electron chi connectivity index (χ1n) is 11.5. The van der Waals surface area contributed by atoms with E-state index in [1.807, 2.05) is 24.3 Å². The van der Waals surface area contributed by atoms with Gasteiger partial charge >= 0.3 is 6.03 Å². The number of benzene rings is 2. The van der Waals surface area contributed by atoms with Crippen LogP contribution in [0.25, 0.3) is 16.6 Å². The van der Waals surface area contributed by atoms with Crippen molar-refractivity contribution in [2.45, 2.75) is 12.0 Å². The molecule has 0 radical (unpaired) electrons. The highest BCUT2D eigenvalue weighted by atomic mass is 16.5. The van der Waals surface area contributed by atoms with Gasteiger partial charge in [-0.25, -0.2) is 14.5 Å². The monoisotopic (exact) mass is 517 g/mol. The van der Waals surface area contributed by atoms with Gasteiger partial charge in [-0.3, -0.25) is 20.2 Å². The van der Waals surface area contributed by atoms with Crippen molar-refractivity contribution in [2.24, 2.45) is 0 Å². The van der Waals surface area contributed by atoms with Gasteiger partial charge in [0, 0.05) is 31.2 Å². The predicted octanol–water partition coefficient (Wildman–Crippen LogP) is 2.74. The molecular formula is C26H23N5O7. The van der Waals surface area contributed by atoms with Crippen molar-refractivity contribution in [3.8, 4) is 28.8 Å². The van der Waals surface area contributed by atoms with Crippen molar-refractivity contribution in [3.05, 3.63) is 67.0 Å². The number of methoxy groups -OCH3 is 2. The Hall–Kier alpha value is -4.97. The third kappa shape index (κ3) is 4.72. The number of carbonyl (C=O) groups is 3. The predicted molar refractivity (Wildman–Crippen MR) is 133 cm³/mol. The van der Waals surface area contributed by atoms with E-state index in [4.69, 9.17) is 18.9 Å². The van der Waals surface area contributed by atoms with Crippen LogP contribution in [0.15, 0.2) is 67.0 Å². The van der Waals surface area contributed by atoms with Crippen molar-refractivity contribution in [1.82, 2.24) is 25.4 Å². The summed E-state index contributed by atoms with van der Waals surface area (Å²) >= 11 is 0. The summed E-state index contributed by atoms with van der Waals surface area (Å²) in [7, 11) is 2.99. The van der Waals surface area contributed by atoms with Crippen LogP contribution in [-0.2, 0) is 14.3 Å². The lowest BCUT2D eigenvalue weighted by atomic mass is 9.95. The van der Waals surface area contributed by atoms with Gasteiger partial charge in [0.25, 0.3) is 17.4 Å². The molecule has 3 heterocycles. The molecule has 12 nitrogen and oxygen atoms in total. The zero-order valence-electron chi connectivity index (χ0n) is 20.5. The molecule has 1 aliphatic heterocycles. The van der Waals surface area contributed by atoms with Gasteiger partial charge in [-0.05, 0) is 48.5 Å². The molecule has 0 bridgehead atoms. The average molecular weight is 517 g/mol. The van der Waals surface area contributed by atoms with E-state index >= 15 is 0 Å². The smallest absolute Gasteiger partial charge is 0.328 e. The fraction of sp³-hybridized carbons (Fsp3) is 0.192. The lowest BCUT2D eigenvalue weighted by Gasteiger charge is -2.34. The minimum Gasteiger partial charge on any atom is -0.481 e. The van der Waals surface area contributed by atoms with Gasteiger partial charge in [-0.1, -0.05) is 0 Å². The van der Waals surface area contributed by atoms with Crippen molar-refractivity contribution in [2.75, 3.05) is 20.8 Å². The molecular weight excluding hydrogens is 494 g/mol. The van der Waals surface area contributed by atoms with Crippen molar-refractivity contribution in [3.63, 3.8) is 0 Å². The fourth-order valence-electron chi connectivity index (χ4n) is 3.99. The first-order chi connectivity index (χ1) is 18.4. The maximum absolute atomic E-state index is 12.6. The van der Waals surface area contributed by atoms with Gasteiger partial charge in [0.1, 0.15) is 17.2 Å². The molecule has 0 aliphatic carbocycles. The highest BCUT2D eigenvalue weighted by Crippen LogP contribution is 2.30. The van der Waals surface area contributed by atoms with Crippen molar-refractivity contribution >= 4 is 28.7 Å². The highest BCUT2D eigenvalue weighted by Gasteiger charge is 2.52. The Morgan fingerprint density at radius 3 is 2.32 bits per heavy atom. The number of ether oxygens (including phenoxy) is 4. The standard InChI is InChI=1S/C26H23N5O7/c1-35-12-10-26(23(32)29-25(34)30-24(26)33)38-19-5-3-18(4-6-19)37-20-7-8-21-16(13-20)15-28-31(21)17-9-11-27-22(14-17)36-2/h3-9,11,13-15H,10,12H2,1-2H3,(H2,29,30,32,33,34). The second-order valence-corrected chi connectivity index (χ2v) is 8.32. The average Bonchev–Trinajstić information content (AvgIpc) is 3.34. The summed E-state index contributed by atoms with van der Waals surface area (Å²) in [5.74, 6) is 0.0881. The maximum atomic E-state index is 12.6. The van der Waals surface area contributed by atoms with E-state index in [9.17, 15) is 14.4 Å². The molecule has 0 atom stereocenters. The third-order valence-electron chi connectivity index (χ3n) is 5.91. The lowest BCUT2D eigenvalue weighted by molar-refractivity contribution is -0.153. The number of amides is 4. The van der Waals surface area contributed by atoms with E-state index < -0.39 is 23.4 Å². The van der Waals surface area contributed by atoms with Gasteiger partial charge < -0.3 is 18.9 Å². The summed E-state index contributed by atoms with van der Waals surface area (Å²) in [4.78, 5) is 40.8. The Kier molecular flexibility index (Phi) is 6.62. The SMILES string of the molecule is COCCC1(Oc2ccc(Oc3ccc4c(cnn4-c4ccnc(OC)c4)c3)cc2)C(=O)NC(=O)NC1=O. The van der Waals surface area contributed by atoms with Crippen LogP contribution >= 0.6 is 0 Å². The summed E-state index contributed by atoms with van der Waals surface area (Å²) in [5.41, 5.74) is -0.265. The molecule has 1 fully saturated rings. The van der Waals surface area contributed by atoms with Crippen LogP contribution in [0.1, 0.15) is 6.42 Å². The quantitative estimate of drug-likeness (QED) is 0.320. The summed E-state index contributed by atoms with van der Waals surface area (Å²) in [6.45, 7) is 0.0595. The number of aromatic nitrogens is 3. The number of pyridine rings is 1. The molecule has 2 aromatic heterocycles. The van der Waals surface area contributed by atoms with E-state index in [1.165, 1.54) is 7.11 Å². The minimum absolute atomic E-state index is 0.0595. The molecule has 0 spiro atoms. The first-order valence-corrected chi connectivity index (χ1v) is 11.5. The number of urea groups is 1. The van der Waals surface area contributed by atoms with Crippen LogP contribution in [0.5, 0.6) is 23.1 Å². The first kappa shape index (κ1) is 24.7. The molecule has 5 rings (SSSR count). The zero-order chi connectivity index (χ0) is 26.7. The molecule has 4 amide bonds. The maximum Gasteiger partial charge on any atom is 0.328 e. The summed E-state index contributed by atoms with van der Waals surface area (Å²) in [6.07, 6.45) is 3.29. The molecule has 38 heavy (non-hydrogen) atoms. The van der Waals surface area contributed by atoms with Crippen LogP contribution in [0.4, 0.5) is 4.79 Å². The molecule has 194 valence electrons. The molecule has 1 aliphatic rings. The summed E-state index contributed by atoms with van der Waals surface area (Å²) in [5, 5.41) is 9.48. The Bertz CT molecular complexity index is 1500. The van der Waals surface area contributed by atoms with E-state index in [0.29, 0.717) is 17.4 Å². The summed E-state index contributed by atoms with van der Waals surface area (Å²) < 4.78 is 23.8. The highest BCUT2D eigenvalue weighted by molar-refractivity contribution is 6.21. The Morgan fingerprint density at radius 1 is 0.895 bits per heavy atom. The second-order valence-electron chi connectivity index (χ2n) is 8.32. The molecule has 4 aromatic rings. The van der Waals surface area contributed by atoms with E-state index in [2.05, 4.69) is 20.7 Å². The van der Waals surface area contributed by atoms with Gasteiger partial charge in [0.05, 0.1) is 31.1 Å². The van der Waals surface area contributed by atoms with E-state index in [0.717, 1.165) is 16.6 Å². The molecule has 1 saturated heterocycles. The van der Waals surface area contributed by atoms with Crippen molar-refractivity contribution < 1.29 is 33.3 Å². The second kappa shape index (κ2) is 10.2. The number of hydrogen-bond acceptors (Lipinski definition) is 9. The van der Waals surface area contributed by atoms with Gasteiger partial charge in [-0.2, -0.15) is 5.10 Å². The van der Waals surface area contributed by atoms with Gasteiger partial charge in [0.15, 0.2) is 0 Å².